The minimum Gasteiger partial charge on any atom is -0.444 e. The van der Waals surface area contributed by atoms with Crippen LogP contribution in [0.15, 0.2) is 6.07 Å². The van der Waals surface area contributed by atoms with Gasteiger partial charge >= 0.3 is 6.09 Å². The first-order valence-electron chi connectivity index (χ1n) is 6.53. The molecule has 0 aromatic carbocycles. The van der Waals surface area contributed by atoms with Gasteiger partial charge in [0.1, 0.15) is 11.4 Å². The van der Waals surface area contributed by atoms with Crippen molar-refractivity contribution in [2.45, 2.75) is 38.7 Å². The van der Waals surface area contributed by atoms with Crippen LogP contribution in [0.2, 0.25) is 0 Å². The quantitative estimate of drug-likeness (QED) is 0.840. The number of anilines is 1. The van der Waals surface area contributed by atoms with E-state index in [1.807, 2.05) is 33.9 Å². The maximum atomic E-state index is 12.0. The van der Waals surface area contributed by atoms with Gasteiger partial charge < -0.3 is 15.4 Å². The van der Waals surface area contributed by atoms with Crippen LogP contribution in [-0.4, -0.2) is 39.5 Å². The van der Waals surface area contributed by atoms with Crippen LogP contribution in [0, 0.1) is 0 Å². The molecule has 106 valence electrons. The molecule has 0 aliphatic carbocycles. The number of carbonyl (C=O) groups excluding carboxylic acids is 1. The lowest BCUT2D eigenvalue weighted by molar-refractivity contribution is 0.0292. The lowest BCUT2D eigenvalue weighted by Crippen LogP contribution is -2.35. The third-order valence-electron chi connectivity index (χ3n) is 3.19. The molecule has 6 nitrogen and oxygen atoms in total. The first kappa shape index (κ1) is 13.7. The Balaban J connectivity index is 1.98. The van der Waals surface area contributed by atoms with Gasteiger partial charge in [-0.3, -0.25) is 4.68 Å². The molecule has 0 bridgehead atoms. The molecule has 2 N–H and O–H groups in total. The number of nitrogens with zero attached hydrogens (tertiary/aromatic N) is 3. The number of likely N-dealkylation sites (tertiary alicyclic amines) is 1. The number of hydrogen-bond acceptors (Lipinski definition) is 4. The minimum atomic E-state index is -0.454. The maximum Gasteiger partial charge on any atom is 0.410 e. The van der Waals surface area contributed by atoms with Gasteiger partial charge in [0.25, 0.3) is 0 Å². The van der Waals surface area contributed by atoms with Crippen LogP contribution in [0.5, 0.6) is 0 Å². The molecule has 1 atom stereocenters. The summed E-state index contributed by atoms with van der Waals surface area (Å²) in [5.74, 6) is 0.890. The zero-order valence-corrected chi connectivity index (χ0v) is 12.0. The minimum absolute atomic E-state index is 0.246. The van der Waals surface area contributed by atoms with Gasteiger partial charge in [0.15, 0.2) is 0 Å². The smallest absolute Gasteiger partial charge is 0.410 e. The Morgan fingerprint density at radius 1 is 1.53 bits per heavy atom. The molecule has 1 aromatic rings. The Labute approximate surface area is 113 Å². The number of hydrogen-bond donors (Lipinski definition) is 1. The summed E-state index contributed by atoms with van der Waals surface area (Å²) in [4.78, 5) is 13.7. The Kier molecular flexibility index (Phi) is 3.43. The number of amides is 1. The molecule has 0 saturated carbocycles. The highest BCUT2D eigenvalue weighted by Gasteiger charge is 2.31. The molecular formula is C13H22N4O2. The highest BCUT2D eigenvalue weighted by Crippen LogP contribution is 2.28. The molecule has 1 aromatic heterocycles. The summed E-state index contributed by atoms with van der Waals surface area (Å²) in [6.07, 6.45) is 0.647. The van der Waals surface area contributed by atoms with Gasteiger partial charge in [-0.15, -0.1) is 0 Å². The zero-order chi connectivity index (χ0) is 14.2. The highest BCUT2D eigenvalue weighted by atomic mass is 16.6. The number of nitrogens with two attached hydrogens (primary N) is 1. The Bertz CT molecular complexity index is 456. The van der Waals surface area contributed by atoms with Crippen molar-refractivity contribution >= 4 is 11.9 Å². The summed E-state index contributed by atoms with van der Waals surface area (Å²) < 4.78 is 7.03. The molecule has 6 heteroatoms. The lowest BCUT2D eigenvalue weighted by atomic mass is 10.1. The Morgan fingerprint density at radius 2 is 2.21 bits per heavy atom. The monoisotopic (exact) mass is 266 g/mol. The second-order valence-corrected chi connectivity index (χ2v) is 6.03. The molecule has 1 amide bonds. The Hall–Kier alpha value is -1.72. The first-order valence-corrected chi connectivity index (χ1v) is 6.53. The fourth-order valence-electron chi connectivity index (χ4n) is 2.20. The van der Waals surface area contributed by atoms with E-state index in [1.165, 1.54) is 0 Å². The van der Waals surface area contributed by atoms with Gasteiger partial charge in [-0.05, 0) is 27.2 Å². The largest absolute Gasteiger partial charge is 0.444 e. The maximum absolute atomic E-state index is 12.0. The topological polar surface area (TPSA) is 73.4 Å². The summed E-state index contributed by atoms with van der Waals surface area (Å²) in [6, 6.07) is 1.88. The van der Waals surface area contributed by atoms with E-state index in [9.17, 15) is 4.79 Å². The number of carbonyl (C=O) groups is 1. The van der Waals surface area contributed by atoms with Crippen molar-refractivity contribution in [1.29, 1.82) is 0 Å². The van der Waals surface area contributed by atoms with Crippen LogP contribution in [0.1, 0.15) is 38.8 Å². The van der Waals surface area contributed by atoms with E-state index in [4.69, 9.17) is 10.5 Å². The number of ether oxygens (including phenoxy) is 1. The molecule has 1 fully saturated rings. The van der Waals surface area contributed by atoms with Crippen molar-refractivity contribution in [1.82, 2.24) is 14.7 Å². The predicted molar refractivity (Wildman–Crippen MR) is 72.8 cm³/mol. The third kappa shape index (κ3) is 3.19. The summed E-state index contributed by atoms with van der Waals surface area (Å²) in [7, 11) is 1.82. The standard InChI is InChI=1S/C13H22N4O2/c1-13(2,3)19-12(18)17-6-5-9(8-17)10-7-11(14)16(4)15-10/h7,9H,5-6,8,14H2,1-4H3. The fraction of sp³-hybridized carbons (Fsp3) is 0.692. The van der Waals surface area contributed by atoms with E-state index < -0.39 is 5.60 Å². The van der Waals surface area contributed by atoms with E-state index in [1.54, 1.807) is 9.58 Å². The normalized spacial score (nSPS) is 19.8. The van der Waals surface area contributed by atoms with Gasteiger partial charge in [0.2, 0.25) is 0 Å². The lowest BCUT2D eigenvalue weighted by Gasteiger charge is -2.24. The molecule has 0 spiro atoms. The molecule has 19 heavy (non-hydrogen) atoms. The van der Waals surface area contributed by atoms with Crippen molar-refractivity contribution in [3.8, 4) is 0 Å². The van der Waals surface area contributed by atoms with E-state index in [2.05, 4.69) is 5.10 Å². The van der Waals surface area contributed by atoms with Crippen LogP contribution < -0.4 is 5.73 Å². The average molecular weight is 266 g/mol. The molecule has 2 rings (SSSR count). The average Bonchev–Trinajstić information content (AvgIpc) is 2.84. The molecule has 1 aliphatic heterocycles. The van der Waals surface area contributed by atoms with Crippen LogP contribution in [0.3, 0.4) is 0 Å². The van der Waals surface area contributed by atoms with Gasteiger partial charge in [-0.25, -0.2) is 4.79 Å². The van der Waals surface area contributed by atoms with Crippen molar-refractivity contribution in [3.05, 3.63) is 11.8 Å². The zero-order valence-electron chi connectivity index (χ0n) is 12.0. The van der Waals surface area contributed by atoms with Crippen molar-refractivity contribution in [3.63, 3.8) is 0 Å². The van der Waals surface area contributed by atoms with E-state index in [0.29, 0.717) is 18.9 Å². The Morgan fingerprint density at radius 3 is 2.74 bits per heavy atom. The second-order valence-electron chi connectivity index (χ2n) is 6.03. The molecule has 1 unspecified atom stereocenters. The number of aromatic nitrogens is 2. The molecular weight excluding hydrogens is 244 g/mol. The van der Waals surface area contributed by atoms with Crippen LogP contribution in [-0.2, 0) is 11.8 Å². The molecule has 0 radical (unpaired) electrons. The third-order valence-corrected chi connectivity index (χ3v) is 3.19. The van der Waals surface area contributed by atoms with E-state index >= 15 is 0 Å². The number of rotatable bonds is 1. The van der Waals surface area contributed by atoms with Crippen molar-refractivity contribution in [2.75, 3.05) is 18.8 Å². The molecule has 1 saturated heterocycles. The van der Waals surface area contributed by atoms with Crippen LogP contribution in [0.25, 0.3) is 0 Å². The van der Waals surface area contributed by atoms with Gasteiger partial charge in [0.05, 0.1) is 5.69 Å². The van der Waals surface area contributed by atoms with Crippen molar-refractivity contribution in [2.24, 2.45) is 7.05 Å². The SMILES string of the molecule is Cn1nc(C2CCN(C(=O)OC(C)(C)C)C2)cc1N. The predicted octanol–water partition coefficient (Wildman–Crippen LogP) is 1.73. The van der Waals surface area contributed by atoms with Crippen LogP contribution in [0.4, 0.5) is 10.6 Å². The van der Waals surface area contributed by atoms with E-state index in [0.717, 1.165) is 12.1 Å². The van der Waals surface area contributed by atoms with Crippen molar-refractivity contribution < 1.29 is 9.53 Å². The summed E-state index contributed by atoms with van der Waals surface area (Å²) in [5.41, 5.74) is 6.28. The summed E-state index contributed by atoms with van der Waals surface area (Å²) in [6.45, 7) is 6.97. The number of nitrogen functional groups attached to an aromatic ring is 1. The van der Waals surface area contributed by atoms with Crippen LogP contribution >= 0.6 is 0 Å². The van der Waals surface area contributed by atoms with Gasteiger partial charge in [0, 0.05) is 32.1 Å². The summed E-state index contributed by atoms with van der Waals surface area (Å²) >= 11 is 0. The van der Waals surface area contributed by atoms with E-state index in [-0.39, 0.29) is 12.0 Å². The molecule has 2 heterocycles. The number of aryl methyl sites for hydroxylation is 1. The second kappa shape index (κ2) is 4.75. The fourth-order valence-corrected chi connectivity index (χ4v) is 2.20. The van der Waals surface area contributed by atoms with Gasteiger partial charge in [-0.1, -0.05) is 0 Å². The first-order chi connectivity index (χ1) is 8.76. The van der Waals surface area contributed by atoms with Gasteiger partial charge in [-0.2, -0.15) is 5.10 Å². The molecule has 1 aliphatic rings. The highest BCUT2D eigenvalue weighted by molar-refractivity contribution is 5.68. The summed E-state index contributed by atoms with van der Waals surface area (Å²) in [5, 5.41) is 4.37.